The molecule has 0 bridgehead atoms. The van der Waals surface area contributed by atoms with Crippen molar-refractivity contribution < 1.29 is 9.90 Å². The summed E-state index contributed by atoms with van der Waals surface area (Å²) in [6, 6.07) is 7.33. The molecule has 0 saturated carbocycles. The predicted octanol–water partition coefficient (Wildman–Crippen LogP) is 1.12. The molecule has 0 saturated heterocycles. The molecule has 2 rings (SSSR count). The lowest BCUT2D eigenvalue weighted by Gasteiger charge is -2.22. The minimum Gasteiger partial charge on any atom is -0.383 e. The summed E-state index contributed by atoms with van der Waals surface area (Å²) in [5.41, 5.74) is 1.01. The number of carbonyl (C=O) groups excluding carboxylic acids is 1. The lowest BCUT2D eigenvalue weighted by Crippen LogP contribution is -2.38. The largest absolute Gasteiger partial charge is 0.383 e. The average Bonchev–Trinajstić information content (AvgIpc) is 2.92. The van der Waals surface area contributed by atoms with Gasteiger partial charge >= 0.3 is 0 Å². The molecular formula is C16H22N4O2. The Morgan fingerprint density at radius 1 is 1.45 bits per heavy atom. The average molecular weight is 302 g/mol. The molecule has 22 heavy (non-hydrogen) atoms. The molecule has 1 aromatic heterocycles. The van der Waals surface area contributed by atoms with Gasteiger partial charge in [-0.15, -0.1) is 0 Å². The SMILES string of the molecule is CN(C)c1cccc(C(=O)NCC(C)(O)c2cnn(C)c2)c1. The van der Waals surface area contributed by atoms with Crippen LogP contribution in [-0.4, -0.2) is 41.4 Å². The van der Waals surface area contributed by atoms with Crippen LogP contribution >= 0.6 is 0 Å². The van der Waals surface area contributed by atoms with E-state index in [2.05, 4.69) is 10.4 Å². The standard InChI is InChI=1S/C16H22N4O2/c1-16(22,13-9-18-20(4)10-13)11-17-15(21)12-6-5-7-14(8-12)19(2)3/h5-10,22H,11H2,1-4H3,(H,17,21). The molecule has 1 heterocycles. The number of aromatic nitrogens is 2. The summed E-state index contributed by atoms with van der Waals surface area (Å²) in [7, 11) is 5.62. The molecule has 0 fully saturated rings. The summed E-state index contributed by atoms with van der Waals surface area (Å²) in [5, 5.41) is 17.3. The first-order chi connectivity index (χ1) is 10.3. The Morgan fingerprint density at radius 3 is 2.77 bits per heavy atom. The van der Waals surface area contributed by atoms with Gasteiger partial charge in [-0.2, -0.15) is 5.10 Å². The summed E-state index contributed by atoms with van der Waals surface area (Å²) in [4.78, 5) is 14.2. The van der Waals surface area contributed by atoms with Crippen LogP contribution in [0.15, 0.2) is 36.7 Å². The van der Waals surface area contributed by atoms with Crippen LogP contribution in [0, 0.1) is 0 Å². The van der Waals surface area contributed by atoms with Gasteiger partial charge in [-0.1, -0.05) is 6.07 Å². The van der Waals surface area contributed by atoms with E-state index in [1.165, 1.54) is 0 Å². The van der Waals surface area contributed by atoms with Gasteiger partial charge in [0.2, 0.25) is 0 Å². The van der Waals surface area contributed by atoms with Crippen molar-refractivity contribution in [2.75, 3.05) is 25.5 Å². The topological polar surface area (TPSA) is 70.4 Å². The number of hydrogen-bond donors (Lipinski definition) is 2. The van der Waals surface area contributed by atoms with Crippen molar-refractivity contribution in [3.05, 3.63) is 47.8 Å². The predicted molar refractivity (Wildman–Crippen MR) is 85.9 cm³/mol. The molecule has 1 aromatic carbocycles. The third-order valence-electron chi connectivity index (χ3n) is 3.54. The van der Waals surface area contributed by atoms with E-state index in [0.717, 1.165) is 5.69 Å². The van der Waals surface area contributed by atoms with Gasteiger partial charge in [0, 0.05) is 44.2 Å². The zero-order valence-corrected chi connectivity index (χ0v) is 13.4. The Balaban J connectivity index is 2.05. The summed E-state index contributed by atoms with van der Waals surface area (Å²) in [6.07, 6.45) is 3.33. The Morgan fingerprint density at radius 2 is 2.18 bits per heavy atom. The smallest absolute Gasteiger partial charge is 0.251 e. The monoisotopic (exact) mass is 302 g/mol. The van der Waals surface area contributed by atoms with E-state index in [0.29, 0.717) is 11.1 Å². The number of aliphatic hydroxyl groups is 1. The molecule has 0 aliphatic carbocycles. The normalized spacial score (nSPS) is 13.5. The second-order valence-corrected chi connectivity index (χ2v) is 5.80. The van der Waals surface area contributed by atoms with E-state index in [1.54, 1.807) is 37.1 Å². The van der Waals surface area contributed by atoms with Crippen LogP contribution in [0.1, 0.15) is 22.8 Å². The third-order valence-corrected chi connectivity index (χ3v) is 3.54. The molecule has 6 nitrogen and oxygen atoms in total. The molecule has 0 spiro atoms. The van der Waals surface area contributed by atoms with Gasteiger partial charge in [0.05, 0.1) is 12.7 Å². The minimum absolute atomic E-state index is 0.115. The highest BCUT2D eigenvalue weighted by Gasteiger charge is 2.25. The Labute approximate surface area is 130 Å². The van der Waals surface area contributed by atoms with Crippen LogP contribution in [0.5, 0.6) is 0 Å². The van der Waals surface area contributed by atoms with Crippen LogP contribution in [0.2, 0.25) is 0 Å². The van der Waals surface area contributed by atoms with E-state index in [9.17, 15) is 9.90 Å². The number of aryl methyl sites for hydroxylation is 1. The van der Waals surface area contributed by atoms with Gasteiger partial charge in [-0.05, 0) is 25.1 Å². The first-order valence-corrected chi connectivity index (χ1v) is 7.07. The highest BCUT2D eigenvalue weighted by Crippen LogP contribution is 2.19. The quantitative estimate of drug-likeness (QED) is 0.868. The maximum atomic E-state index is 12.2. The molecule has 1 amide bonds. The Bertz CT molecular complexity index is 662. The first-order valence-electron chi connectivity index (χ1n) is 7.07. The van der Waals surface area contributed by atoms with E-state index < -0.39 is 5.60 Å². The van der Waals surface area contributed by atoms with E-state index in [4.69, 9.17) is 0 Å². The van der Waals surface area contributed by atoms with E-state index in [-0.39, 0.29) is 12.5 Å². The number of rotatable bonds is 5. The summed E-state index contributed by atoms with van der Waals surface area (Å²) >= 11 is 0. The fourth-order valence-electron chi connectivity index (χ4n) is 2.08. The van der Waals surface area contributed by atoms with E-state index in [1.807, 2.05) is 37.2 Å². The zero-order chi connectivity index (χ0) is 16.3. The lowest BCUT2D eigenvalue weighted by atomic mass is 9.99. The van der Waals surface area contributed by atoms with Crippen LogP contribution in [0.4, 0.5) is 5.69 Å². The van der Waals surface area contributed by atoms with Gasteiger partial charge in [0.1, 0.15) is 5.60 Å². The van der Waals surface area contributed by atoms with Crippen LogP contribution in [0.25, 0.3) is 0 Å². The van der Waals surface area contributed by atoms with Gasteiger partial charge < -0.3 is 15.3 Å². The highest BCUT2D eigenvalue weighted by atomic mass is 16.3. The second kappa shape index (κ2) is 6.19. The molecule has 1 atom stereocenters. The molecule has 0 radical (unpaired) electrons. The van der Waals surface area contributed by atoms with Crippen molar-refractivity contribution >= 4 is 11.6 Å². The number of carbonyl (C=O) groups is 1. The zero-order valence-electron chi connectivity index (χ0n) is 13.4. The maximum absolute atomic E-state index is 12.2. The van der Waals surface area contributed by atoms with Crippen LogP contribution < -0.4 is 10.2 Å². The fraction of sp³-hybridized carbons (Fsp3) is 0.375. The molecule has 0 aliphatic rings. The molecule has 118 valence electrons. The van der Waals surface area contributed by atoms with E-state index >= 15 is 0 Å². The molecule has 1 unspecified atom stereocenters. The molecule has 2 aromatic rings. The summed E-state index contributed by atoms with van der Waals surface area (Å²) in [5.74, 6) is -0.215. The van der Waals surface area contributed by atoms with Gasteiger partial charge in [0.15, 0.2) is 0 Å². The third kappa shape index (κ3) is 3.65. The fourth-order valence-corrected chi connectivity index (χ4v) is 2.08. The number of anilines is 1. The summed E-state index contributed by atoms with van der Waals surface area (Å²) in [6.45, 7) is 1.77. The molecule has 2 N–H and O–H groups in total. The Hall–Kier alpha value is -2.34. The van der Waals surface area contributed by atoms with Crippen LogP contribution in [-0.2, 0) is 12.6 Å². The van der Waals surface area contributed by atoms with Gasteiger partial charge in [-0.25, -0.2) is 0 Å². The van der Waals surface area contributed by atoms with Crippen molar-refractivity contribution in [3.63, 3.8) is 0 Å². The second-order valence-electron chi connectivity index (χ2n) is 5.80. The maximum Gasteiger partial charge on any atom is 0.251 e. The number of nitrogens with zero attached hydrogens (tertiary/aromatic N) is 3. The Kier molecular flexibility index (Phi) is 4.51. The molecule has 0 aliphatic heterocycles. The summed E-state index contributed by atoms with van der Waals surface area (Å²) < 4.78 is 1.62. The molecular weight excluding hydrogens is 280 g/mol. The van der Waals surface area contributed by atoms with Crippen LogP contribution in [0.3, 0.4) is 0 Å². The number of amides is 1. The van der Waals surface area contributed by atoms with Crippen molar-refractivity contribution in [3.8, 4) is 0 Å². The highest BCUT2D eigenvalue weighted by molar-refractivity contribution is 5.95. The van der Waals surface area contributed by atoms with Crippen molar-refractivity contribution in [1.82, 2.24) is 15.1 Å². The molecule has 6 heteroatoms. The minimum atomic E-state index is -1.16. The van der Waals surface area contributed by atoms with Crippen molar-refractivity contribution in [1.29, 1.82) is 0 Å². The lowest BCUT2D eigenvalue weighted by molar-refractivity contribution is 0.0526. The number of benzene rings is 1. The first kappa shape index (κ1) is 16.0. The number of nitrogens with one attached hydrogen (secondary N) is 1. The van der Waals surface area contributed by atoms with Gasteiger partial charge in [-0.3, -0.25) is 9.48 Å². The number of hydrogen-bond acceptors (Lipinski definition) is 4. The van der Waals surface area contributed by atoms with Crippen molar-refractivity contribution in [2.45, 2.75) is 12.5 Å². The van der Waals surface area contributed by atoms with Gasteiger partial charge in [0.25, 0.3) is 5.91 Å². The van der Waals surface area contributed by atoms with Crippen molar-refractivity contribution in [2.24, 2.45) is 7.05 Å².